The molecule has 0 bridgehead atoms. The van der Waals surface area contributed by atoms with Crippen LogP contribution in [0.3, 0.4) is 0 Å². The average molecular weight is 468 g/mol. The molecule has 2 aromatic carbocycles. The number of likely N-dealkylation sites (tertiary alicyclic amines) is 1. The molecule has 33 heavy (non-hydrogen) atoms. The number of amides is 1. The molecule has 1 aliphatic heterocycles. The van der Waals surface area contributed by atoms with E-state index >= 15 is 0 Å². The molecular formula is C26H33N3O3S. The van der Waals surface area contributed by atoms with Gasteiger partial charge in [-0.3, -0.25) is 0 Å². The van der Waals surface area contributed by atoms with Crippen LogP contribution in [0, 0.1) is 0 Å². The minimum absolute atomic E-state index is 0.228. The molecule has 3 aromatic rings. The summed E-state index contributed by atoms with van der Waals surface area (Å²) >= 11 is 1.56. The van der Waals surface area contributed by atoms with Crippen molar-refractivity contribution in [1.82, 2.24) is 14.8 Å². The smallest absolute Gasteiger partial charge is 0.410 e. The molecular weight excluding hydrogens is 434 g/mol. The zero-order chi connectivity index (χ0) is 23.4. The Morgan fingerprint density at radius 1 is 1.12 bits per heavy atom. The summed E-state index contributed by atoms with van der Waals surface area (Å²) in [5.74, 6) is 0.809. The zero-order valence-electron chi connectivity index (χ0n) is 19.9. The first-order valence-corrected chi connectivity index (χ1v) is 12.4. The van der Waals surface area contributed by atoms with Crippen LogP contribution >= 0.6 is 11.3 Å². The van der Waals surface area contributed by atoms with Crippen molar-refractivity contribution in [3.8, 4) is 10.9 Å². The molecule has 4 rings (SSSR count). The summed E-state index contributed by atoms with van der Waals surface area (Å²) in [5, 5.41) is 0.670. The second-order valence-electron chi connectivity index (χ2n) is 9.61. The van der Waals surface area contributed by atoms with E-state index in [-0.39, 0.29) is 12.1 Å². The summed E-state index contributed by atoms with van der Waals surface area (Å²) in [6.45, 7) is 8.72. The fourth-order valence-corrected chi connectivity index (χ4v) is 4.86. The van der Waals surface area contributed by atoms with E-state index in [2.05, 4.69) is 28.1 Å². The number of benzene rings is 2. The van der Waals surface area contributed by atoms with Crippen LogP contribution in [-0.2, 0) is 11.2 Å². The van der Waals surface area contributed by atoms with Crippen molar-refractivity contribution in [3.05, 3.63) is 54.1 Å². The molecule has 1 aromatic heterocycles. The molecule has 0 N–H and O–H groups in total. The summed E-state index contributed by atoms with van der Waals surface area (Å²) < 4.78 is 12.6. The number of nitrogens with zero attached hydrogens (tertiary/aromatic N) is 3. The van der Waals surface area contributed by atoms with E-state index in [4.69, 9.17) is 9.47 Å². The Hall–Kier alpha value is -2.64. The van der Waals surface area contributed by atoms with Crippen molar-refractivity contribution in [2.45, 2.75) is 51.7 Å². The van der Waals surface area contributed by atoms with Crippen molar-refractivity contribution in [3.63, 3.8) is 0 Å². The summed E-state index contributed by atoms with van der Waals surface area (Å²) in [6.07, 6.45) is 2.72. The maximum atomic E-state index is 12.3. The van der Waals surface area contributed by atoms with Gasteiger partial charge in [0.2, 0.25) is 0 Å². The van der Waals surface area contributed by atoms with Crippen LogP contribution in [0.25, 0.3) is 10.2 Å². The molecule has 1 fully saturated rings. The summed E-state index contributed by atoms with van der Waals surface area (Å²) in [5.41, 5.74) is 1.80. The van der Waals surface area contributed by atoms with Gasteiger partial charge in [0.05, 0.1) is 10.2 Å². The fraction of sp³-hybridized carbons (Fsp3) is 0.462. The number of rotatable bonds is 6. The Kier molecular flexibility index (Phi) is 7.20. The van der Waals surface area contributed by atoms with Crippen LogP contribution in [0.5, 0.6) is 10.9 Å². The molecule has 0 saturated carbocycles. The van der Waals surface area contributed by atoms with Gasteiger partial charge in [0, 0.05) is 32.7 Å². The predicted octanol–water partition coefficient (Wildman–Crippen LogP) is 5.96. The lowest BCUT2D eigenvalue weighted by atomic mass is 10.0. The van der Waals surface area contributed by atoms with E-state index < -0.39 is 5.60 Å². The minimum atomic E-state index is -0.457. The number of piperidine rings is 1. The topological polar surface area (TPSA) is 54.9 Å². The van der Waals surface area contributed by atoms with E-state index in [9.17, 15) is 4.79 Å². The lowest BCUT2D eigenvalue weighted by Gasteiger charge is -2.37. The molecule has 1 saturated heterocycles. The number of fused-ring (bicyclic) bond motifs is 1. The Bertz CT molecular complexity index is 1030. The van der Waals surface area contributed by atoms with Crippen LogP contribution < -0.4 is 4.74 Å². The molecule has 0 spiro atoms. The number of para-hydroxylation sites is 1. The van der Waals surface area contributed by atoms with Gasteiger partial charge >= 0.3 is 6.09 Å². The highest BCUT2D eigenvalue weighted by Gasteiger charge is 2.28. The molecule has 176 valence electrons. The summed E-state index contributed by atoms with van der Waals surface area (Å²) in [4.78, 5) is 21.1. The third-order valence-electron chi connectivity index (χ3n) is 5.91. The normalized spacial score (nSPS) is 15.5. The predicted molar refractivity (Wildman–Crippen MR) is 133 cm³/mol. The first-order valence-electron chi connectivity index (χ1n) is 11.6. The van der Waals surface area contributed by atoms with Crippen LogP contribution in [0.15, 0.2) is 48.5 Å². The van der Waals surface area contributed by atoms with Crippen LogP contribution in [0.2, 0.25) is 0 Å². The number of hydrogen-bond donors (Lipinski definition) is 0. The quantitative estimate of drug-likeness (QED) is 0.448. The number of carbonyl (C=O) groups excluding carboxylic acids is 1. The Balaban J connectivity index is 1.22. The average Bonchev–Trinajstić information content (AvgIpc) is 3.19. The van der Waals surface area contributed by atoms with Gasteiger partial charge in [-0.05, 0) is 69.9 Å². The molecule has 0 aliphatic carbocycles. The first kappa shape index (κ1) is 23.5. The van der Waals surface area contributed by atoms with Crippen molar-refractivity contribution in [2.75, 3.05) is 26.7 Å². The lowest BCUT2D eigenvalue weighted by molar-refractivity contribution is 0.0153. The highest BCUT2D eigenvalue weighted by Crippen LogP contribution is 2.31. The van der Waals surface area contributed by atoms with Gasteiger partial charge in [-0.1, -0.05) is 35.6 Å². The molecule has 1 aliphatic rings. The number of ether oxygens (including phenoxy) is 2. The largest absolute Gasteiger partial charge is 0.444 e. The van der Waals surface area contributed by atoms with Crippen LogP contribution in [0.4, 0.5) is 4.79 Å². The van der Waals surface area contributed by atoms with Crippen molar-refractivity contribution in [1.29, 1.82) is 0 Å². The van der Waals surface area contributed by atoms with Gasteiger partial charge in [0.1, 0.15) is 11.4 Å². The highest BCUT2D eigenvalue weighted by atomic mass is 32.1. The number of aromatic nitrogens is 1. The second kappa shape index (κ2) is 10.1. The first-order chi connectivity index (χ1) is 15.8. The molecule has 7 heteroatoms. The minimum Gasteiger partial charge on any atom is -0.444 e. The molecule has 6 nitrogen and oxygen atoms in total. The van der Waals surface area contributed by atoms with E-state index in [1.807, 2.05) is 58.2 Å². The Morgan fingerprint density at radius 3 is 2.48 bits per heavy atom. The summed E-state index contributed by atoms with van der Waals surface area (Å²) in [6, 6.07) is 16.6. The maximum absolute atomic E-state index is 12.3. The molecule has 0 unspecified atom stereocenters. The van der Waals surface area contributed by atoms with Gasteiger partial charge in [-0.25, -0.2) is 9.78 Å². The van der Waals surface area contributed by atoms with E-state index in [1.54, 1.807) is 16.2 Å². The Morgan fingerprint density at radius 2 is 1.82 bits per heavy atom. The van der Waals surface area contributed by atoms with Gasteiger partial charge in [0.15, 0.2) is 0 Å². The number of thiazole rings is 1. The third-order valence-corrected chi connectivity index (χ3v) is 6.82. The highest BCUT2D eigenvalue weighted by molar-refractivity contribution is 7.20. The van der Waals surface area contributed by atoms with Crippen molar-refractivity contribution < 1.29 is 14.3 Å². The number of carbonyl (C=O) groups is 1. The van der Waals surface area contributed by atoms with E-state index in [1.165, 1.54) is 5.56 Å². The molecule has 1 amide bonds. The Labute approximate surface area is 200 Å². The van der Waals surface area contributed by atoms with Crippen molar-refractivity contribution >= 4 is 27.6 Å². The molecule has 2 heterocycles. The summed E-state index contributed by atoms with van der Waals surface area (Å²) in [7, 11) is 1.85. The second-order valence-corrected chi connectivity index (χ2v) is 10.6. The van der Waals surface area contributed by atoms with Crippen molar-refractivity contribution in [2.24, 2.45) is 0 Å². The van der Waals surface area contributed by atoms with Gasteiger partial charge < -0.3 is 19.3 Å². The standard InChI is InChI=1S/C26H33N3O3S/c1-26(2,3)32-25(30)28(4)20-14-17-29(18-15-20)16-13-19-9-11-21(12-10-19)31-24-27-22-7-5-6-8-23(22)33-24/h5-12,20H,13-18H2,1-4H3. The van der Waals surface area contributed by atoms with Gasteiger partial charge in [-0.2, -0.15) is 0 Å². The lowest BCUT2D eigenvalue weighted by Crippen LogP contribution is -2.47. The van der Waals surface area contributed by atoms with Crippen LogP contribution in [0.1, 0.15) is 39.2 Å². The van der Waals surface area contributed by atoms with Gasteiger partial charge in [-0.15, -0.1) is 0 Å². The van der Waals surface area contributed by atoms with Crippen LogP contribution in [-0.4, -0.2) is 59.2 Å². The van der Waals surface area contributed by atoms with E-state index in [0.717, 1.165) is 54.9 Å². The molecule has 0 atom stereocenters. The molecule has 0 radical (unpaired) electrons. The van der Waals surface area contributed by atoms with E-state index in [0.29, 0.717) is 5.19 Å². The zero-order valence-corrected chi connectivity index (χ0v) is 20.7. The number of hydrogen-bond acceptors (Lipinski definition) is 6. The SMILES string of the molecule is CN(C(=O)OC(C)(C)C)C1CCN(CCc2ccc(Oc3nc4ccccc4s3)cc2)CC1. The third kappa shape index (κ3) is 6.45. The fourth-order valence-electron chi connectivity index (χ4n) is 4.02. The maximum Gasteiger partial charge on any atom is 0.410 e. The monoisotopic (exact) mass is 467 g/mol. The van der Waals surface area contributed by atoms with Gasteiger partial charge in [0.25, 0.3) is 5.19 Å².